The van der Waals surface area contributed by atoms with Crippen molar-refractivity contribution >= 4 is 11.6 Å². The highest BCUT2D eigenvalue weighted by Gasteiger charge is 2.26. The van der Waals surface area contributed by atoms with Gasteiger partial charge in [-0.3, -0.25) is 4.79 Å². The van der Waals surface area contributed by atoms with Crippen molar-refractivity contribution in [3.63, 3.8) is 0 Å². The maximum absolute atomic E-state index is 11.7. The summed E-state index contributed by atoms with van der Waals surface area (Å²) in [5.74, 6) is -0.0409. The summed E-state index contributed by atoms with van der Waals surface area (Å²) in [4.78, 5) is 11.7. The van der Waals surface area contributed by atoms with E-state index in [1.807, 2.05) is 0 Å². The number of amides is 1. The smallest absolute Gasteiger partial charge is 0.224 e. The molecule has 1 amide bonds. The van der Waals surface area contributed by atoms with Gasteiger partial charge in [0.2, 0.25) is 5.91 Å². The van der Waals surface area contributed by atoms with E-state index in [1.165, 1.54) is 22.3 Å². The Labute approximate surface area is 172 Å². The second-order valence-corrected chi connectivity index (χ2v) is 8.20. The molecule has 0 bridgehead atoms. The Morgan fingerprint density at radius 3 is 2.38 bits per heavy atom. The van der Waals surface area contributed by atoms with E-state index in [0.717, 1.165) is 36.8 Å². The van der Waals surface area contributed by atoms with Gasteiger partial charge in [0.15, 0.2) is 0 Å². The Morgan fingerprint density at radius 1 is 1.10 bits per heavy atom. The minimum atomic E-state index is -0.680. The molecule has 4 rings (SSSR count). The highest BCUT2D eigenvalue weighted by atomic mass is 16.3. The number of hydrogen-bond donors (Lipinski definition) is 4. The molecular weight excluding hydrogens is 364 g/mol. The molecule has 5 heteroatoms. The number of aliphatic hydroxyl groups is 1. The number of anilines is 1. The lowest BCUT2D eigenvalue weighted by Gasteiger charge is -2.24. The zero-order valence-corrected chi connectivity index (χ0v) is 17.2. The molecule has 0 aromatic heterocycles. The van der Waals surface area contributed by atoms with E-state index in [9.17, 15) is 15.0 Å². The van der Waals surface area contributed by atoms with Crippen LogP contribution >= 0.6 is 0 Å². The van der Waals surface area contributed by atoms with Crippen LogP contribution in [0, 0.1) is 0 Å². The summed E-state index contributed by atoms with van der Waals surface area (Å²) >= 11 is 0. The van der Waals surface area contributed by atoms with E-state index in [1.54, 1.807) is 12.1 Å². The van der Waals surface area contributed by atoms with Gasteiger partial charge in [0, 0.05) is 19.0 Å². The molecule has 1 aliphatic heterocycles. The molecular formula is C24H30N2O3. The summed E-state index contributed by atoms with van der Waals surface area (Å²) < 4.78 is 0. The molecule has 2 aromatic rings. The second-order valence-electron chi connectivity index (χ2n) is 8.20. The van der Waals surface area contributed by atoms with Gasteiger partial charge in [-0.2, -0.15) is 0 Å². The van der Waals surface area contributed by atoms with Crippen molar-refractivity contribution in [1.29, 1.82) is 0 Å². The molecule has 0 fully saturated rings. The molecule has 0 spiro atoms. The average molecular weight is 395 g/mol. The standard InChI is InChI=1S/C24H30N2O3/c1-3-14-9-16-11-18(12-17(16)10-15(14)4-2)25-13-22(28)19-5-7-21(27)24-20(19)6-8-23(29)26-24/h5,7,9-10,18,22,25,27-28H,3-4,6,8,11-13H2,1-2H3,(H,26,29)/t22-/m0/s1. The summed E-state index contributed by atoms with van der Waals surface area (Å²) in [7, 11) is 0. The maximum atomic E-state index is 11.7. The molecule has 1 heterocycles. The van der Waals surface area contributed by atoms with Crippen LogP contribution in [0.5, 0.6) is 5.75 Å². The molecule has 1 atom stereocenters. The molecule has 0 unspecified atom stereocenters. The van der Waals surface area contributed by atoms with Crippen LogP contribution in [-0.4, -0.2) is 28.7 Å². The third kappa shape index (κ3) is 3.89. The largest absolute Gasteiger partial charge is 0.506 e. The lowest BCUT2D eigenvalue weighted by molar-refractivity contribution is -0.116. The number of nitrogens with one attached hydrogen (secondary N) is 2. The zero-order chi connectivity index (χ0) is 20.5. The minimum absolute atomic E-state index is 0.0571. The number of aromatic hydroxyl groups is 1. The van der Waals surface area contributed by atoms with E-state index in [0.29, 0.717) is 31.1 Å². The summed E-state index contributed by atoms with van der Waals surface area (Å²) in [6, 6.07) is 8.37. The van der Waals surface area contributed by atoms with Crippen LogP contribution in [0.25, 0.3) is 0 Å². The number of carbonyl (C=O) groups is 1. The van der Waals surface area contributed by atoms with E-state index in [-0.39, 0.29) is 11.7 Å². The fourth-order valence-corrected chi connectivity index (χ4v) is 4.78. The second kappa shape index (κ2) is 8.17. The van der Waals surface area contributed by atoms with E-state index < -0.39 is 6.10 Å². The Hall–Kier alpha value is -2.37. The van der Waals surface area contributed by atoms with Crippen LogP contribution in [0.4, 0.5) is 5.69 Å². The van der Waals surface area contributed by atoms with Gasteiger partial charge in [0.1, 0.15) is 5.75 Å². The van der Waals surface area contributed by atoms with Crippen LogP contribution in [0.2, 0.25) is 0 Å². The number of rotatable bonds is 6. The molecule has 5 nitrogen and oxygen atoms in total. The number of benzene rings is 2. The number of aryl methyl sites for hydroxylation is 2. The fourth-order valence-electron chi connectivity index (χ4n) is 4.78. The topological polar surface area (TPSA) is 81.6 Å². The fraction of sp³-hybridized carbons (Fsp3) is 0.458. The molecule has 4 N–H and O–H groups in total. The van der Waals surface area contributed by atoms with Crippen LogP contribution in [0.3, 0.4) is 0 Å². The van der Waals surface area contributed by atoms with Gasteiger partial charge in [-0.25, -0.2) is 0 Å². The number of hydrogen-bond acceptors (Lipinski definition) is 4. The molecule has 154 valence electrons. The van der Waals surface area contributed by atoms with Crippen molar-refractivity contribution in [2.45, 2.75) is 64.5 Å². The molecule has 0 saturated carbocycles. The maximum Gasteiger partial charge on any atom is 0.224 e. The van der Waals surface area contributed by atoms with Crippen LogP contribution in [-0.2, 0) is 36.9 Å². The quantitative estimate of drug-likeness (QED) is 0.567. The van der Waals surface area contributed by atoms with Gasteiger partial charge in [-0.15, -0.1) is 0 Å². The molecule has 29 heavy (non-hydrogen) atoms. The first-order valence-corrected chi connectivity index (χ1v) is 10.7. The van der Waals surface area contributed by atoms with Crippen molar-refractivity contribution in [3.05, 3.63) is 57.6 Å². The summed E-state index contributed by atoms with van der Waals surface area (Å²) in [6.45, 7) is 4.87. The number of aliphatic hydroxyl groups excluding tert-OH is 1. The number of carbonyl (C=O) groups excluding carboxylic acids is 1. The first-order chi connectivity index (χ1) is 14.0. The first kappa shape index (κ1) is 19.9. The van der Waals surface area contributed by atoms with Crippen molar-refractivity contribution in [2.24, 2.45) is 0 Å². The third-order valence-electron chi connectivity index (χ3n) is 6.37. The van der Waals surface area contributed by atoms with Crippen molar-refractivity contribution in [3.8, 4) is 5.75 Å². The van der Waals surface area contributed by atoms with Crippen molar-refractivity contribution < 1.29 is 15.0 Å². The van der Waals surface area contributed by atoms with E-state index in [4.69, 9.17) is 0 Å². The van der Waals surface area contributed by atoms with Crippen molar-refractivity contribution in [2.75, 3.05) is 11.9 Å². The van der Waals surface area contributed by atoms with E-state index in [2.05, 4.69) is 36.6 Å². The third-order valence-corrected chi connectivity index (χ3v) is 6.37. The summed E-state index contributed by atoms with van der Waals surface area (Å²) in [5, 5.41) is 27.1. The Bertz CT molecular complexity index is 905. The van der Waals surface area contributed by atoms with Crippen LogP contribution in [0.15, 0.2) is 24.3 Å². The molecule has 0 radical (unpaired) electrons. The monoisotopic (exact) mass is 394 g/mol. The first-order valence-electron chi connectivity index (χ1n) is 10.7. The molecule has 2 aromatic carbocycles. The highest BCUT2D eigenvalue weighted by Crippen LogP contribution is 2.36. The van der Waals surface area contributed by atoms with Gasteiger partial charge >= 0.3 is 0 Å². The van der Waals surface area contributed by atoms with E-state index >= 15 is 0 Å². The lowest BCUT2D eigenvalue weighted by atomic mass is 9.93. The van der Waals surface area contributed by atoms with Gasteiger partial charge in [0.05, 0.1) is 11.8 Å². The van der Waals surface area contributed by atoms with Gasteiger partial charge in [0.25, 0.3) is 0 Å². The van der Waals surface area contributed by atoms with Gasteiger partial charge in [-0.05, 0) is 71.6 Å². The number of fused-ring (bicyclic) bond motifs is 2. The summed E-state index contributed by atoms with van der Waals surface area (Å²) in [5.41, 5.74) is 7.82. The molecule has 2 aliphatic rings. The lowest BCUT2D eigenvalue weighted by Crippen LogP contribution is -2.33. The Kier molecular flexibility index (Phi) is 5.61. The SMILES string of the molecule is CCc1cc2c(cc1CC)CC(NC[C@H](O)c1ccc(O)c3c1CCC(=O)N3)C2. The number of phenolic OH excluding ortho intramolecular Hbond substituents is 1. The van der Waals surface area contributed by atoms with Crippen LogP contribution < -0.4 is 10.6 Å². The van der Waals surface area contributed by atoms with Crippen molar-refractivity contribution in [1.82, 2.24) is 5.32 Å². The molecule has 1 aliphatic carbocycles. The predicted octanol–water partition coefficient (Wildman–Crippen LogP) is 3.19. The normalized spacial score (nSPS) is 17.0. The Morgan fingerprint density at radius 2 is 1.76 bits per heavy atom. The summed E-state index contributed by atoms with van der Waals surface area (Å²) in [6.07, 6.45) is 4.34. The highest BCUT2D eigenvalue weighted by molar-refractivity contribution is 5.96. The Balaban J connectivity index is 1.44. The predicted molar refractivity (Wildman–Crippen MR) is 114 cm³/mol. The number of phenols is 1. The van der Waals surface area contributed by atoms with Gasteiger partial charge < -0.3 is 20.8 Å². The molecule has 0 saturated heterocycles. The van der Waals surface area contributed by atoms with Gasteiger partial charge in [-0.1, -0.05) is 32.0 Å². The average Bonchev–Trinajstić information content (AvgIpc) is 3.13. The van der Waals surface area contributed by atoms with Crippen LogP contribution in [0.1, 0.15) is 59.8 Å². The zero-order valence-electron chi connectivity index (χ0n) is 17.2. The minimum Gasteiger partial charge on any atom is -0.506 e.